The van der Waals surface area contributed by atoms with Crippen LogP contribution in [0.15, 0.2) is 18.2 Å². The van der Waals surface area contributed by atoms with Gasteiger partial charge in [-0.15, -0.1) is 0 Å². The van der Waals surface area contributed by atoms with Gasteiger partial charge in [0, 0.05) is 12.6 Å². The minimum Gasteiger partial charge on any atom is -0.507 e. The fourth-order valence-electron chi connectivity index (χ4n) is 1.00. The Hall–Kier alpha value is -1.31. The van der Waals surface area contributed by atoms with Gasteiger partial charge < -0.3 is 15.7 Å². The van der Waals surface area contributed by atoms with Crippen molar-refractivity contribution in [3.05, 3.63) is 27.3 Å². The highest BCUT2D eigenvalue weighted by Crippen LogP contribution is 2.20. The number of carbonyl (C=O) groups excluding carboxylic acids is 2. The van der Waals surface area contributed by atoms with Gasteiger partial charge in [-0.2, -0.15) is 0 Å². The first-order valence-electron chi connectivity index (χ1n) is 4.52. The third-order valence-corrected chi connectivity index (χ3v) is 2.81. The van der Waals surface area contributed by atoms with Crippen LogP contribution in [0.25, 0.3) is 0 Å². The van der Waals surface area contributed by atoms with E-state index < -0.39 is 5.91 Å². The maximum absolute atomic E-state index is 11.5. The molecule has 0 fully saturated rings. The van der Waals surface area contributed by atoms with E-state index in [4.69, 9.17) is 0 Å². The van der Waals surface area contributed by atoms with Crippen LogP contribution in [-0.2, 0) is 4.79 Å². The molecule has 1 aromatic rings. The molecule has 0 atom stereocenters. The highest BCUT2D eigenvalue weighted by molar-refractivity contribution is 14.1. The number of benzene rings is 1. The van der Waals surface area contributed by atoms with Crippen molar-refractivity contribution in [2.75, 3.05) is 13.6 Å². The average molecular weight is 334 g/mol. The van der Waals surface area contributed by atoms with Gasteiger partial charge >= 0.3 is 0 Å². The smallest absolute Gasteiger partial charge is 0.251 e. The summed E-state index contributed by atoms with van der Waals surface area (Å²) < 4.78 is 0.667. The number of hydrogen-bond donors (Lipinski definition) is 3. The fraction of sp³-hybridized carbons (Fsp3) is 0.200. The van der Waals surface area contributed by atoms with Crippen LogP contribution in [-0.4, -0.2) is 30.5 Å². The molecular formula is C10H11IN2O3. The molecule has 0 aliphatic rings. The van der Waals surface area contributed by atoms with Gasteiger partial charge in [0.15, 0.2) is 0 Å². The molecular weight excluding hydrogens is 323 g/mol. The van der Waals surface area contributed by atoms with Crippen molar-refractivity contribution in [1.82, 2.24) is 10.6 Å². The van der Waals surface area contributed by atoms with E-state index in [2.05, 4.69) is 10.6 Å². The number of carbonyl (C=O) groups is 2. The molecule has 2 amide bonds. The lowest BCUT2D eigenvalue weighted by atomic mass is 10.2. The second kappa shape index (κ2) is 5.69. The van der Waals surface area contributed by atoms with Crippen molar-refractivity contribution in [3.8, 4) is 5.75 Å². The first-order chi connectivity index (χ1) is 7.54. The number of nitrogens with one attached hydrogen (secondary N) is 2. The second-order valence-corrected chi connectivity index (χ2v) is 4.18. The summed E-state index contributed by atoms with van der Waals surface area (Å²) in [4.78, 5) is 22.4. The molecule has 0 unspecified atom stereocenters. The van der Waals surface area contributed by atoms with Crippen LogP contribution in [0.4, 0.5) is 0 Å². The van der Waals surface area contributed by atoms with Gasteiger partial charge in [0.1, 0.15) is 5.75 Å². The number of halogens is 1. The van der Waals surface area contributed by atoms with Crippen LogP contribution in [0, 0.1) is 3.57 Å². The Morgan fingerprint density at radius 2 is 2.12 bits per heavy atom. The van der Waals surface area contributed by atoms with Crippen molar-refractivity contribution in [2.24, 2.45) is 0 Å². The van der Waals surface area contributed by atoms with Crippen LogP contribution >= 0.6 is 22.6 Å². The van der Waals surface area contributed by atoms with Crippen molar-refractivity contribution in [1.29, 1.82) is 0 Å². The maximum atomic E-state index is 11.5. The van der Waals surface area contributed by atoms with Crippen molar-refractivity contribution in [2.45, 2.75) is 0 Å². The second-order valence-electron chi connectivity index (χ2n) is 3.02. The van der Waals surface area contributed by atoms with E-state index in [0.29, 0.717) is 9.13 Å². The lowest BCUT2D eigenvalue weighted by Gasteiger charge is -2.05. The van der Waals surface area contributed by atoms with Gasteiger partial charge in [-0.3, -0.25) is 9.59 Å². The Balaban J connectivity index is 2.66. The average Bonchev–Trinajstić information content (AvgIpc) is 2.29. The summed E-state index contributed by atoms with van der Waals surface area (Å²) in [5, 5.41) is 14.2. The Morgan fingerprint density at radius 3 is 2.69 bits per heavy atom. The van der Waals surface area contributed by atoms with Gasteiger partial charge in [-0.1, -0.05) is 0 Å². The molecule has 0 saturated carbocycles. The Bertz CT molecular complexity index is 421. The zero-order valence-electron chi connectivity index (χ0n) is 8.58. The van der Waals surface area contributed by atoms with Crippen molar-refractivity contribution >= 4 is 34.4 Å². The van der Waals surface area contributed by atoms with Gasteiger partial charge in [-0.25, -0.2) is 0 Å². The van der Waals surface area contributed by atoms with Gasteiger partial charge in [0.2, 0.25) is 5.91 Å². The number of hydrogen-bond acceptors (Lipinski definition) is 3. The third kappa shape index (κ3) is 3.37. The molecule has 1 aromatic carbocycles. The van der Waals surface area contributed by atoms with Crippen LogP contribution in [0.2, 0.25) is 0 Å². The highest BCUT2D eigenvalue weighted by atomic mass is 127. The quantitative estimate of drug-likeness (QED) is 0.704. The molecule has 5 nitrogen and oxygen atoms in total. The Labute approximate surface area is 106 Å². The van der Waals surface area contributed by atoms with E-state index in [9.17, 15) is 14.7 Å². The van der Waals surface area contributed by atoms with Crippen molar-refractivity contribution in [3.63, 3.8) is 0 Å². The summed E-state index contributed by atoms with van der Waals surface area (Å²) in [6.07, 6.45) is 0. The number of amides is 2. The highest BCUT2D eigenvalue weighted by Gasteiger charge is 2.08. The first-order valence-corrected chi connectivity index (χ1v) is 5.59. The third-order valence-electron chi connectivity index (χ3n) is 1.90. The fourth-order valence-corrected chi connectivity index (χ4v) is 1.34. The van der Waals surface area contributed by atoms with E-state index >= 15 is 0 Å². The zero-order valence-corrected chi connectivity index (χ0v) is 10.7. The number of likely N-dealkylation sites (N-methyl/N-ethyl adjacent to an activating group) is 1. The molecule has 1 rings (SSSR count). The molecule has 0 radical (unpaired) electrons. The first kappa shape index (κ1) is 12.8. The monoisotopic (exact) mass is 334 g/mol. The van der Waals surface area contributed by atoms with E-state index in [-0.39, 0.29) is 18.2 Å². The molecule has 0 aliphatic carbocycles. The summed E-state index contributed by atoms with van der Waals surface area (Å²) in [6.45, 7) is -0.0813. The van der Waals surface area contributed by atoms with Gasteiger partial charge in [-0.05, 0) is 40.8 Å². The summed E-state index contributed by atoms with van der Waals surface area (Å²) in [5.74, 6) is -0.619. The van der Waals surface area contributed by atoms with Gasteiger partial charge in [0.05, 0.1) is 10.1 Å². The van der Waals surface area contributed by atoms with E-state index in [0.717, 1.165) is 0 Å². The van der Waals surface area contributed by atoms with Crippen LogP contribution in [0.1, 0.15) is 10.4 Å². The normalized spacial score (nSPS) is 9.62. The molecule has 0 bridgehead atoms. The van der Waals surface area contributed by atoms with Crippen LogP contribution in [0.3, 0.4) is 0 Å². The minimum atomic E-state index is -0.393. The molecule has 0 saturated heterocycles. The van der Waals surface area contributed by atoms with E-state index in [1.54, 1.807) is 12.1 Å². The lowest BCUT2D eigenvalue weighted by molar-refractivity contribution is -0.119. The van der Waals surface area contributed by atoms with E-state index in [1.807, 2.05) is 22.6 Å². The molecule has 0 aromatic heterocycles. The number of aromatic hydroxyl groups is 1. The Morgan fingerprint density at radius 1 is 1.44 bits per heavy atom. The molecule has 16 heavy (non-hydrogen) atoms. The molecule has 86 valence electrons. The molecule has 0 heterocycles. The summed E-state index contributed by atoms with van der Waals surface area (Å²) in [5.41, 5.74) is 0.321. The molecule has 0 aliphatic heterocycles. The van der Waals surface area contributed by atoms with Gasteiger partial charge in [0.25, 0.3) is 5.91 Å². The van der Waals surface area contributed by atoms with Crippen molar-refractivity contribution < 1.29 is 14.7 Å². The van der Waals surface area contributed by atoms with Crippen LogP contribution in [0.5, 0.6) is 5.75 Å². The predicted molar refractivity (Wildman–Crippen MR) is 67.2 cm³/mol. The lowest BCUT2D eigenvalue weighted by Crippen LogP contribution is -2.35. The zero-order chi connectivity index (χ0) is 12.1. The number of phenols is 1. The maximum Gasteiger partial charge on any atom is 0.251 e. The standard InChI is InChI=1S/C10H11IN2O3/c1-12-9(15)5-13-10(16)6-2-3-7(11)8(14)4-6/h2-4,14H,5H2,1H3,(H,12,15)(H,13,16). The summed E-state index contributed by atoms with van der Waals surface area (Å²) in [6, 6.07) is 4.58. The van der Waals surface area contributed by atoms with Crippen LogP contribution < -0.4 is 10.6 Å². The molecule has 0 spiro atoms. The number of phenolic OH excluding ortho intramolecular Hbond substituents is 1. The minimum absolute atomic E-state index is 0.0493. The largest absolute Gasteiger partial charge is 0.507 e. The summed E-state index contributed by atoms with van der Waals surface area (Å²) >= 11 is 1.96. The summed E-state index contributed by atoms with van der Waals surface area (Å²) in [7, 11) is 1.49. The number of rotatable bonds is 3. The molecule has 3 N–H and O–H groups in total. The van der Waals surface area contributed by atoms with E-state index in [1.165, 1.54) is 13.1 Å². The predicted octanol–water partition coefficient (Wildman–Crippen LogP) is 0.473. The molecule has 6 heteroatoms. The Kier molecular flexibility index (Phi) is 4.53. The SMILES string of the molecule is CNC(=O)CNC(=O)c1ccc(I)c(O)c1. The topological polar surface area (TPSA) is 78.4 Å².